The molecule has 132 valence electrons. The van der Waals surface area contributed by atoms with Crippen LogP contribution < -0.4 is 15.4 Å². The topological polar surface area (TPSA) is 50.4 Å². The lowest BCUT2D eigenvalue weighted by molar-refractivity contribution is -0.116. The van der Waals surface area contributed by atoms with E-state index in [1.54, 1.807) is 0 Å². The van der Waals surface area contributed by atoms with Crippen LogP contribution in [0.4, 0.5) is 11.4 Å². The van der Waals surface area contributed by atoms with E-state index < -0.39 is 0 Å². The van der Waals surface area contributed by atoms with Crippen molar-refractivity contribution in [3.63, 3.8) is 0 Å². The summed E-state index contributed by atoms with van der Waals surface area (Å²) in [6.45, 7) is 8.06. The van der Waals surface area contributed by atoms with Crippen molar-refractivity contribution in [1.82, 2.24) is 0 Å². The second-order valence-corrected chi connectivity index (χ2v) is 7.48. The Morgan fingerprint density at radius 1 is 1.16 bits per heavy atom. The number of amides is 1. The van der Waals surface area contributed by atoms with Crippen LogP contribution in [0.5, 0.6) is 5.75 Å². The van der Waals surface area contributed by atoms with Gasteiger partial charge in [-0.3, -0.25) is 4.79 Å². The number of hydrogen-bond acceptors (Lipinski definition) is 3. The normalized spacial score (nSPS) is 13.4. The van der Waals surface area contributed by atoms with Crippen molar-refractivity contribution < 1.29 is 9.53 Å². The maximum atomic E-state index is 12.2. The lowest BCUT2D eigenvalue weighted by Gasteiger charge is -2.20. The van der Waals surface area contributed by atoms with Gasteiger partial charge in [-0.2, -0.15) is 0 Å². The molecule has 2 aromatic carbocycles. The maximum absolute atomic E-state index is 12.2. The molecule has 0 spiro atoms. The molecule has 4 nitrogen and oxygen atoms in total. The molecule has 4 heteroatoms. The van der Waals surface area contributed by atoms with E-state index in [4.69, 9.17) is 4.74 Å². The Labute approximate surface area is 149 Å². The first kappa shape index (κ1) is 17.3. The number of nitrogens with one attached hydrogen (secondary N) is 2. The number of carbonyl (C=O) groups excluding carboxylic acids is 1. The summed E-state index contributed by atoms with van der Waals surface area (Å²) in [5, 5.41) is 6.22. The number of rotatable bonds is 4. The maximum Gasteiger partial charge on any atom is 0.224 e. The first-order valence-electron chi connectivity index (χ1n) is 8.82. The zero-order valence-electron chi connectivity index (χ0n) is 15.2. The Morgan fingerprint density at radius 2 is 1.92 bits per heavy atom. The third kappa shape index (κ3) is 4.53. The largest absolute Gasteiger partial charge is 0.490 e. The van der Waals surface area contributed by atoms with Gasteiger partial charge in [0.25, 0.3) is 0 Å². The fourth-order valence-corrected chi connectivity index (χ4v) is 2.87. The van der Waals surface area contributed by atoms with Gasteiger partial charge in [0.05, 0.1) is 5.69 Å². The lowest BCUT2D eigenvalue weighted by atomic mass is 9.86. The van der Waals surface area contributed by atoms with Crippen LogP contribution in [-0.4, -0.2) is 19.1 Å². The highest BCUT2D eigenvalue weighted by atomic mass is 16.5. The second kappa shape index (κ2) is 7.18. The van der Waals surface area contributed by atoms with Gasteiger partial charge in [-0.25, -0.2) is 0 Å². The molecule has 0 atom stereocenters. The molecular weight excluding hydrogens is 312 g/mol. The van der Waals surface area contributed by atoms with Gasteiger partial charge in [-0.1, -0.05) is 45.0 Å². The number of aryl methyl sites for hydroxylation is 1. The van der Waals surface area contributed by atoms with Crippen LogP contribution >= 0.6 is 0 Å². The van der Waals surface area contributed by atoms with Crippen molar-refractivity contribution in [1.29, 1.82) is 0 Å². The van der Waals surface area contributed by atoms with Crippen LogP contribution in [0.2, 0.25) is 0 Å². The summed E-state index contributed by atoms with van der Waals surface area (Å²) < 4.78 is 5.60. The highest BCUT2D eigenvalue weighted by Crippen LogP contribution is 2.30. The van der Waals surface area contributed by atoms with Crippen molar-refractivity contribution in [3.8, 4) is 5.75 Å². The zero-order chi connectivity index (χ0) is 17.9. The van der Waals surface area contributed by atoms with Crippen molar-refractivity contribution >= 4 is 17.3 Å². The first-order valence-corrected chi connectivity index (χ1v) is 8.82. The van der Waals surface area contributed by atoms with Crippen LogP contribution in [0.25, 0.3) is 0 Å². The minimum absolute atomic E-state index is 0.0172. The Bertz CT molecular complexity index is 745. The first-order chi connectivity index (χ1) is 11.9. The number of hydrogen-bond donors (Lipinski definition) is 2. The van der Waals surface area contributed by atoms with E-state index in [-0.39, 0.29) is 11.3 Å². The minimum Gasteiger partial charge on any atom is -0.490 e. The quantitative estimate of drug-likeness (QED) is 0.871. The van der Waals surface area contributed by atoms with Gasteiger partial charge >= 0.3 is 0 Å². The van der Waals surface area contributed by atoms with E-state index in [0.717, 1.165) is 30.1 Å². The van der Waals surface area contributed by atoms with Gasteiger partial charge in [0, 0.05) is 24.7 Å². The van der Waals surface area contributed by atoms with Crippen LogP contribution in [-0.2, 0) is 16.6 Å². The fraction of sp³-hybridized carbons (Fsp3) is 0.381. The van der Waals surface area contributed by atoms with E-state index in [9.17, 15) is 4.79 Å². The molecular formula is C21H26N2O2. The van der Waals surface area contributed by atoms with E-state index in [2.05, 4.69) is 55.7 Å². The van der Waals surface area contributed by atoms with Crippen LogP contribution in [0.3, 0.4) is 0 Å². The lowest BCUT2D eigenvalue weighted by Crippen LogP contribution is -2.18. The molecule has 1 amide bonds. The summed E-state index contributed by atoms with van der Waals surface area (Å²) in [6.07, 6.45) is 1.20. The summed E-state index contributed by atoms with van der Waals surface area (Å²) >= 11 is 0. The van der Waals surface area contributed by atoms with Gasteiger partial charge in [0.15, 0.2) is 0 Å². The number of carbonyl (C=O) groups is 1. The summed E-state index contributed by atoms with van der Waals surface area (Å²) in [6, 6.07) is 14.3. The molecule has 0 bridgehead atoms. The van der Waals surface area contributed by atoms with Crippen LogP contribution in [0, 0.1) is 0 Å². The van der Waals surface area contributed by atoms with Gasteiger partial charge in [-0.05, 0) is 35.1 Å². The van der Waals surface area contributed by atoms with Crippen LogP contribution in [0.1, 0.15) is 38.3 Å². The minimum atomic E-state index is 0.0172. The van der Waals surface area contributed by atoms with Crippen molar-refractivity contribution in [3.05, 3.63) is 53.6 Å². The third-order valence-corrected chi connectivity index (χ3v) is 4.40. The van der Waals surface area contributed by atoms with Gasteiger partial charge < -0.3 is 15.4 Å². The van der Waals surface area contributed by atoms with E-state index in [1.165, 1.54) is 11.1 Å². The summed E-state index contributed by atoms with van der Waals surface area (Å²) in [4.78, 5) is 12.2. The van der Waals surface area contributed by atoms with Crippen molar-refractivity contribution in [2.75, 3.05) is 23.8 Å². The smallest absolute Gasteiger partial charge is 0.224 e. The molecule has 2 N–H and O–H groups in total. The van der Waals surface area contributed by atoms with Crippen molar-refractivity contribution in [2.24, 2.45) is 0 Å². The van der Waals surface area contributed by atoms with E-state index in [0.29, 0.717) is 13.0 Å². The summed E-state index contributed by atoms with van der Waals surface area (Å²) in [7, 11) is 0. The van der Waals surface area contributed by atoms with E-state index >= 15 is 0 Å². The summed E-state index contributed by atoms with van der Waals surface area (Å²) in [5.41, 5.74) is 4.39. The van der Waals surface area contributed by atoms with E-state index in [1.807, 2.05) is 18.2 Å². The Morgan fingerprint density at radius 3 is 2.64 bits per heavy atom. The van der Waals surface area contributed by atoms with Gasteiger partial charge in [0.1, 0.15) is 12.4 Å². The molecule has 0 saturated heterocycles. The van der Waals surface area contributed by atoms with Crippen LogP contribution in [0.15, 0.2) is 42.5 Å². The molecule has 0 fully saturated rings. The molecule has 3 rings (SSSR count). The molecule has 0 unspecified atom stereocenters. The molecule has 0 aromatic heterocycles. The Hall–Kier alpha value is -2.49. The highest BCUT2D eigenvalue weighted by Gasteiger charge is 2.13. The van der Waals surface area contributed by atoms with Gasteiger partial charge in [-0.15, -0.1) is 0 Å². The molecule has 0 aliphatic carbocycles. The zero-order valence-corrected chi connectivity index (χ0v) is 15.2. The number of benzene rings is 2. The average Bonchev–Trinajstić information content (AvgIpc) is 2.59. The standard InChI is InChI=1S/C21H26N2O2/c1-21(2,3)16-7-4-15(5-8-16)6-11-20(24)23-17-9-10-18-19(14-17)25-13-12-22-18/h4-5,7-10,14,22H,6,11-13H2,1-3H3,(H,23,24). The predicted octanol–water partition coefficient (Wildman–Crippen LogP) is 4.36. The molecule has 1 aliphatic heterocycles. The molecule has 1 heterocycles. The molecule has 2 aromatic rings. The second-order valence-electron chi connectivity index (χ2n) is 7.48. The highest BCUT2D eigenvalue weighted by molar-refractivity contribution is 5.91. The van der Waals surface area contributed by atoms with Gasteiger partial charge in [0.2, 0.25) is 5.91 Å². The number of fused-ring (bicyclic) bond motifs is 1. The van der Waals surface area contributed by atoms with Crippen molar-refractivity contribution in [2.45, 2.75) is 39.0 Å². The molecule has 0 radical (unpaired) electrons. The molecule has 1 aliphatic rings. The predicted molar refractivity (Wildman–Crippen MR) is 103 cm³/mol. The number of ether oxygens (including phenoxy) is 1. The fourth-order valence-electron chi connectivity index (χ4n) is 2.87. The Kier molecular flexibility index (Phi) is 4.98. The Balaban J connectivity index is 1.54. The summed E-state index contributed by atoms with van der Waals surface area (Å²) in [5.74, 6) is 0.811. The molecule has 0 saturated carbocycles. The number of anilines is 2. The average molecular weight is 338 g/mol. The molecule has 25 heavy (non-hydrogen) atoms. The third-order valence-electron chi connectivity index (χ3n) is 4.40. The monoisotopic (exact) mass is 338 g/mol. The SMILES string of the molecule is CC(C)(C)c1ccc(CCC(=O)Nc2ccc3c(c2)OCCN3)cc1.